The Morgan fingerprint density at radius 3 is 2.41 bits per heavy atom. The number of amides is 1. The Balaban J connectivity index is 1.52. The van der Waals surface area contributed by atoms with Crippen molar-refractivity contribution in [3.8, 4) is 5.75 Å². The van der Waals surface area contributed by atoms with Crippen molar-refractivity contribution >= 4 is 17.3 Å². The molecular formula is C21H26N4O4. The third-order valence-electron chi connectivity index (χ3n) is 5.46. The molecule has 0 aliphatic carbocycles. The van der Waals surface area contributed by atoms with E-state index in [9.17, 15) is 20.0 Å². The van der Waals surface area contributed by atoms with Crippen LogP contribution in [0.15, 0.2) is 48.5 Å². The molecule has 154 valence electrons. The fourth-order valence-corrected chi connectivity index (χ4v) is 3.49. The van der Waals surface area contributed by atoms with E-state index in [1.54, 1.807) is 30.3 Å². The molecule has 0 spiro atoms. The molecule has 0 saturated carbocycles. The number of benzene rings is 2. The lowest BCUT2D eigenvalue weighted by Gasteiger charge is -2.37. The van der Waals surface area contributed by atoms with Crippen LogP contribution in [-0.4, -0.2) is 65.5 Å². The monoisotopic (exact) mass is 398 g/mol. The topological polar surface area (TPSA) is 90.2 Å². The zero-order chi connectivity index (χ0) is 21.0. The lowest BCUT2D eigenvalue weighted by Crippen LogP contribution is -2.51. The summed E-state index contributed by atoms with van der Waals surface area (Å²) in [7, 11) is 1.90. The molecule has 8 nitrogen and oxygen atoms in total. The fourth-order valence-electron chi connectivity index (χ4n) is 3.49. The Bertz CT molecular complexity index is 863. The molecule has 3 rings (SSSR count). The van der Waals surface area contributed by atoms with Crippen LogP contribution in [0.2, 0.25) is 0 Å². The summed E-state index contributed by atoms with van der Waals surface area (Å²) in [6.45, 7) is 4.92. The highest BCUT2D eigenvalue weighted by Crippen LogP contribution is 2.23. The van der Waals surface area contributed by atoms with Crippen molar-refractivity contribution in [1.82, 2.24) is 9.80 Å². The van der Waals surface area contributed by atoms with Crippen LogP contribution in [0, 0.1) is 10.1 Å². The van der Waals surface area contributed by atoms with E-state index in [4.69, 9.17) is 0 Å². The first kappa shape index (κ1) is 20.6. The molecule has 0 radical (unpaired) electrons. The zero-order valence-corrected chi connectivity index (χ0v) is 16.7. The van der Waals surface area contributed by atoms with Gasteiger partial charge >= 0.3 is 0 Å². The van der Waals surface area contributed by atoms with Crippen LogP contribution < -0.4 is 4.90 Å². The van der Waals surface area contributed by atoms with Gasteiger partial charge in [-0.05, 0) is 43.8 Å². The lowest BCUT2D eigenvalue weighted by molar-refractivity contribution is -0.384. The van der Waals surface area contributed by atoms with E-state index in [-0.39, 0.29) is 23.4 Å². The second-order valence-electron chi connectivity index (χ2n) is 7.33. The van der Waals surface area contributed by atoms with Gasteiger partial charge in [0.15, 0.2) is 0 Å². The van der Waals surface area contributed by atoms with Gasteiger partial charge in [-0.1, -0.05) is 12.1 Å². The van der Waals surface area contributed by atoms with E-state index >= 15 is 0 Å². The Labute approximate surface area is 170 Å². The molecule has 1 amide bonds. The number of aromatic hydroxyl groups is 1. The first-order valence-electron chi connectivity index (χ1n) is 9.61. The van der Waals surface area contributed by atoms with Crippen LogP contribution in [0.5, 0.6) is 5.75 Å². The first-order chi connectivity index (χ1) is 13.8. The second-order valence-corrected chi connectivity index (χ2v) is 7.33. The van der Waals surface area contributed by atoms with Crippen LogP contribution in [0.25, 0.3) is 0 Å². The molecule has 1 unspecified atom stereocenters. The van der Waals surface area contributed by atoms with E-state index in [1.807, 2.05) is 29.8 Å². The molecule has 1 heterocycles. The minimum atomic E-state index is -0.408. The number of nitro groups is 1. The van der Waals surface area contributed by atoms with Gasteiger partial charge in [-0.25, -0.2) is 0 Å². The van der Waals surface area contributed by atoms with E-state index < -0.39 is 4.92 Å². The molecule has 1 saturated heterocycles. The molecule has 2 aromatic rings. The highest BCUT2D eigenvalue weighted by molar-refractivity contribution is 5.78. The largest absolute Gasteiger partial charge is 0.508 e. The predicted octanol–water partition coefficient (Wildman–Crippen LogP) is 2.64. The highest BCUT2D eigenvalue weighted by Gasteiger charge is 2.24. The lowest BCUT2D eigenvalue weighted by atomic mass is 10.1. The van der Waals surface area contributed by atoms with Gasteiger partial charge in [-0.15, -0.1) is 0 Å². The van der Waals surface area contributed by atoms with Crippen molar-refractivity contribution in [1.29, 1.82) is 0 Å². The number of phenols is 1. The van der Waals surface area contributed by atoms with Crippen LogP contribution in [-0.2, 0) is 4.79 Å². The number of carbonyl (C=O) groups is 1. The molecule has 1 atom stereocenters. The van der Waals surface area contributed by atoms with Crippen molar-refractivity contribution in [2.45, 2.75) is 13.0 Å². The van der Waals surface area contributed by atoms with E-state index in [2.05, 4.69) is 4.90 Å². The molecule has 2 aromatic carbocycles. The highest BCUT2D eigenvalue weighted by atomic mass is 16.6. The van der Waals surface area contributed by atoms with Gasteiger partial charge in [0.25, 0.3) is 5.69 Å². The van der Waals surface area contributed by atoms with Crippen LogP contribution in [0.1, 0.15) is 18.5 Å². The number of piperazine rings is 1. The summed E-state index contributed by atoms with van der Waals surface area (Å²) >= 11 is 0. The summed E-state index contributed by atoms with van der Waals surface area (Å²) in [4.78, 5) is 29.0. The van der Waals surface area contributed by atoms with Gasteiger partial charge in [-0.3, -0.25) is 19.8 Å². The Morgan fingerprint density at radius 1 is 1.17 bits per heavy atom. The van der Waals surface area contributed by atoms with Gasteiger partial charge in [0.05, 0.1) is 11.5 Å². The van der Waals surface area contributed by atoms with Crippen molar-refractivity contribution < 1.29 is 14.8 Å². The third kappa shape index (κ3) is 5.03. The maximum atomic E-state index is 12.7. The molecule has 8 heteroatoms. The normalized spacial score (nSPS) is 15.4. The van der Waals surface area contributed by atoms with Gasteiger partial charge in [0, 0.05) is 50.0 Å². The molecule has 29 heavy (non-hydrogen) atoms. The number of hydrogen-bond acceptors (Lipinski definition) is 6. The van der Waals surface area contributed by atoms with Crippen molar-refractivity contribution in [2.24, 2.45) is 0 Å². The molecular weight excluding hydrogens is 372 g/mol. The summed E-state index contributed by atoms with van der Waals surface area (Å²) in [5.74, 6) is 0.291. The zero-order valence-electron chi connectivity index (χ0n) is 16.7. The number of non-ortho nitro benzene ring substituents is 1. The average Bonchev–Trinajstić information content (AvgIpc) is 2.73. The summed E-state index contributed by atoms with van der Waals surface area (Å²) in [5.41, 5.74) is 1.96. The minimum absolute atomic E-state index is 0.00690. The molecule has 0 bridgehead atoms. The average molecular weight is 398 g/mol. The molecule has 1 fully saturated rings. The van der Waals surface area contributed by atoms with E-state index in [0.29, 0.717) is 32.7 Å². The SMILES string of the molecule is CC(c1cccc(O)c1)N(C)CC(=O)N1CCN(c2ccc([N+](=O)[O-])cc2)CC1. The molecule has 1 aliphatic rings. The maximum Gasteiger partial charge on any atom is 0.269 e. The van der Waals surface area contributed by atoms with Gasteiger partial charge in [0.2, 0.25) is 5.91 Å². The summed E-state index contributed by atoms with van der Waals surface area (Å²) in [6.07, 6.45) is 0. The smallest absolute Gasteiger partial charge is 0.269 e. The number of nitrogens with zero attached hydrogens (tertiary/aromatic N) is 4. The summed E-state index contributed by atoms with van der Waals surface area (Å²) < 4.78 is 0. The maximum absolute atomic E-state index is 12.7. The number of rotatable bonds is 6. The Morgan fingerprint density at radius 2 is 1.83 bits per heavy atom. The Hall–Kier alpha value is -3.13. The number of anilines is 1. The summed E-state index contributed by atoms with van der Waals surface area (Å²) in [6, 6.07) is 13.6. The van der Waals surface area contributed by atoms with Gasteiger partial charge < -0.3 is 14.9 Å². The quantitative estimate of drug-likeness (QED) is 0.594. The second kappa shape index (κ2) is 8.91. The van der Waals surface area contributed by atoms with Crippen LogP contribution in [0.4, 0.5) is 11.4 Å². The van der Waals surface area contributed by atoms with E-state index in [0.717, 1.165) is 11.3 Å². The van der Waals surface area contributed by atoms with Crippen molar-refractivity contribution in [3.05, 3.63) is 64.2 Å². The molecule has 0 aromatic heterocycles. The number of nitro benzene ring substituents is 1. The van der Waals surface area contributed by atoms with Gasteiger partial charge in [-0.2, -0.15) is 0 Å². The standard InChI is InChI=1S/C21H26N4O4/c1-16(17-4-3-5-20(26)14-17)22(2)15-21(27)24-12-10-23(11-13-24)18-6-8-19(9-7-18)25(28)29/h3-9,14,16,26H,10-13,15H2,1-2H3. The molecule has 1 N–H and O–H groups in total. The van der Waals surface area contributed by atoms with Crippen LogP contribution >= 0.6 is 0 Å². The number of phenolic OH excluding ortho intramolecular Hbond substituents is 1. The third-order valence-corrected chi connectivity index (χ3v) is 5.46. The Kier molecular flexibility index (Phi) is 6.33. The van der Waals surface area contributed by atoms with E-state index in [1.165, 1.54) is 12.1 Å². The van der Waals surface area contributed by atoms with Gasteiger partial charge in [0.1, 0.15) is 5.75 Å². The number of hydrogen-bond donors (Lipinski definition) is 1. The summed E-state index contributed by atoms with van der Waals surface area (Å²) in [5, 5.41) is 20.4. The molecule has 1 aliphatic heterocycles. The predicted molar refractivity (Wildman–Crippen MR) is 111 cm³/mol. The fraction of sp³-hybridized carbons (Fsp3) is 0.381. The van der Waals surface area contributed by atoms with Crippen molar-refractivity contribution in [2.75, 3.05) is 44.7 Å². The number of carbonyl (C=O) groups excluding carboxylic acids is 1. The first-order valence-corrected chi connectivity index (χ1v) is 9.61. The number of likely N-dealkylation sites (N-methyl/N-ethyl adjacent to an activating group) is 1. The van der Waals surface area contributed by atoms with Crippen molar-refractivity contribution in [3.63, 3.8) is 0 Å². The minimum Gasteiger partial charge on any atom is -0.508 e. The van der Waals surface area contributed by atoms with Crippen LogP contribution in [0.3, 0.4) is 0 Å².